The van der Waals surface area contributed by atoms with Crippen LogP contribution in [0.5, 0.6) is 5.75 Å². The highest BCUT2D eigenvalue weighted by Gasteiger charge is 2.34. The average Bonchev–Trinajstić information content (AvgIpc) is 2.88. The summed E-state index contributed by atoms with van der Waals surface area (Å²) in [5.74, 6) is 0.568. The molecule has 1 amide bonds. The van der Waals surface area contributed by atoms with E-state index in [1.165, 1.54) is 11.8 Å². The number of benzene rings is 2. The van der Waals surface area contributed by atoms with Crippen molar-refractivity contribution in [2.24, 2.45) is 0 Å². The van der Waals surface area contributed by atoms with Crippen molar-refractivity contribution in [1.82, 2.24) is 0 Å². The Kier molecular flexibility index (Phi) is 5.96. The first kappa shape index (κ1) is 18.9. The van der Waals surface area contributed by atoms with Crippen LogP contribution in [0.2, 0.25) is 0 Å². The number of nitrogens with zero attached hydrogens (tertiary/aromatic N) is 1. The molecule has 1 heterocycles. The minimum absolute atomic E-state index is 0.121. The van der Waals surface area contributed by atoms with Crippen LogP contribution in [0.15, 0.2) is 64.5 Å². The molecule has 1 aliphatic heterocycles. The standard InChI is InChI=1S/C20H16BrNO2S2/c1-3-10-24-17-9-8-15(21)11-14(17)12-18-19(23)22(20(25)26-18)16-7-5-4-6-13(16)2/h3-9,11-12H,1,10H2,2H3/b18-12+. The van der Waals surface area contributed by atoms with E-state index in [2.05, 4.69) is 22.5 Å². The maximum Gasteiger partial charge on any atom is 0.270 e. The minimum Gasteiger partial charge on any atom is -0.489 e. The summed E-state index contributed by atoms with van der Waals surface area (Å²) in [6.45, 7) is 6.03. The number of hydrogen-bond acceptors (Lipinski definition) is 4. The van der Waals surface area contributed by atoms with Gasteiger partial charge in [0.2, 0.25) is 0 Å². The molecule has 26 heavy (non-hydrogen) atoms. The van der Waals surface area contributed by atoms with E-state index in [-0.39, 0.29) is 5.91 Å². The highest BCUT2D eigenvalue weighted by atomic mass is 79.9. The largest absolute Gasteiger partial charge is 0.489 e. The summed E-state index contributed by atoms with van der Waals surface area (Å²) in [4.78, 5) is 15.1. The second kappa shape index (κ2) is 8.20. The van der Waals surface area contributed by atoms with E-state index in [1.54, 1.807) is 11.0 Å². The second-order valence-electron chi connectivity index (χ2n) is 5.59. The molecule has 3 rings (SSSR count). The first-order chi connectivity index (χ1) is 12.5. The molecule has 0 bridgehead atoms. The van der Waals surface area contributed by atoms with Crippen molar-refractivity contribution in [1.29, 1.82) is 0 Å². The molecule has 0 aromatic heterocycles. The van der Waals surface area contributed by atoms with Gasteiger partial charge in [-0.05, 0) is 42.8 Å². The van der Waals surface area contributed by atoms with Crippen LogP contribution < -0.4 is 9.64 Å². The van der Waals surface area contributed by atoms with Gasteiger partial charge >= 0.3 is 0 Å². The Morgan fingerprint density at radius 2 is 2.08 bits per heavy atom. The first-order valence-electron chi connectivity index (χ1n) is 7.88. The van der Waals surface area contributed by atoms with Crippen LogP contribution in [0.25, 0.3) is 6.08 Å². The number of halogens is 1. The van der Waals surface area contributed by atoms with Gasteiger partial charge in [0.1, 0.15) is 12.4 Å². The first-order valence-corrected chi connectivity index (χ1v) is 9.90. The maximum absolute atomic E-state index is 13.0. The number of para-hydroxylation sites is 1. The third-order valence-electron chi connectivity index (χ3n) is 3.77. The number of ether oxygens (including phenoxy) is 1. The van der Waals surface area contributed by atoms with Gasteiger partial charge in [-0.15, -0.1) is 0 Å². The summed E-state index contributed by atoms with van der Waals surface area (Å²) >= 11 is 10.2. The number of hydrogen-bond donors (Lipinski definition) is 0. The van der Waals surface area contributed by atoms with Gasteiger partial charge in [-0.25, -0.2) is 0 Å². The molecule has 1 fully saturated rings. The molecule has 0 saturated carbocycles. The lowest BCUT2D eigenvalue weighted by Gasteiger charge is -2.16. The predicted molar refractivity (Wildman–Crippen MR) is 117 cm³/mol. The molecule has 1 saturated heterocycles. The zero-order valence-electron chi connectivity index (χ0n) is 14.1. The zero-order valence-corrected chi connectivity index (χ0v) is 17.3. The lowest BCUT2D eigenvalue weighted by molar-refractivity contribution is -0.113. The fraction of sp³-hybridized carbons (Fsp3) is 0.100. The topological polar surface area (TPSA) is 29.5 Å². The number of amides is 1. The van der Waals surface area contributed by atoms with E-state index < -0.39 is 0 Å². The zero-order chi connectivity index (χ0) is 18.7. The number of anilines is 1. The Morgan fingerprint density at radius 3 is 2.81 bits per heavy atom. The van der Waals surface area contributed by atoms with E-state index in [9.17, 15) is 4.79 Å². The van der Waals surface area contributed by atoms with E-state index in [0.29, 0.717) is 21.6 Å². The van der Waals surface area contributed by atoms with Crippen molar-refractivity contribution >= 4 is 61.9 Å². The third-order valence-corrected chi connectivity index (χ3v) is 5.56. The van der Waals surface area contributed by atoms with Crippen LogP contribution in [-0.4, -0.2) is 16.8 Å². The Hall–Kier alpha value is -1.89. The Bertz CT molecular complexity index is 924. The molecule has 2 aromatic rings. The van der Waals surface area contributed by atoms with Gasteiger partial charge in [0, 0.05) is 10.0 Å². The lowest BCUT2D eigenvalue weighted by atomic mass is 10.1. The quantitative estimate of drug-likeness (QED) is 0.334. The average molecular weight is 446 g/mol. The molecular formula is C20H16BrNO2S2. The van der Waals surface area contributed by atoms with Crippen molar-refractivity contribution in [2.75, 3.05) is 11.5 Å². The molecule has 0 N–H and O–H groups in total. The summed E-state index contributed by atoms with van der Waals surface area (Å²) in [5, 5.41) is 0. The molecule has 1 aliphatic rings. The molecule has 2 aromatic carbocycles. The highest BCUT2D eigenvalue weighted by Crippen LogP contribution is 2.38. The summed E-state index contributed by atoms with van der Waals surface area (Å²) in [6, 6.07) is 13.4. The fourth-order valence-electron chi connectivity index (χ4n) is 2.54. The molecule has 0 aliphatic carbocycles. The molecule has 0 radical (unpaired) electrons. The Labute approximate surface area is 170 Å². The van der Waals surface area contributed by atoms with Gasteiger partial charge in [0.15, 0.2) is 4.32 Å². The van der Waals surface area contributed by atoms with Crippen LogP contribution in [0.1, 0.15) is 11.1 Å². The number of carbonyl (C=O) groups excluding carboxylic acids is 1. The molecular weight excluding hydrogens is 430 g/mol. The SMILES string of the molecule is C=CCOc1ccc(Br)cc1/C=C1/SC(=S)N(c2ccccc2C)C1=O. The number of thiocarbonyl (C=S) groups is 1. The van der Waals surface area contributed by atoms with Crippen LogP contribution >= 0.6 is 39.9 Å². The van der Waals surface area contributed by atoms with E-state index in [0.717, 1.165) is 21.3 Å². The van der Waals surface area contributed by atoms with Crippen molar-refractivity contribution in [2.45, 2.75) is 6.92 Å². The van der Waals surface area contributed by atoms with Gasteiger partial charge in [-0.3, -0.25) is 9.69 Å². The van der Waals surface area contributed by atoms with Crippen LogP contribution in [0.3, 0.4) is 0 Å². The maximum atomic E-state index is 13.0. The van der Waals surface area contributed by atoms with Crippen molar-refractivity contribution in [3.63, 3.8) is 0 Å². The molecule has 0 atom stereocenters. The van der Waals surface area contributed by atoms with Crippen LogP contribution in [-0.2, 0) is 4.79 Å². The van der Waals surface area contributed by atoms with Gasteiger partial charge in [-0.1, -0.05) is 70.8 Å². The van der Waals surface area contributed by atoms with Gasteiger partial charge in [-0.2, -0.15) is 0 Å². The number of thioether (sulfide) groups is 1. The number of aryl methyl sites for hydroxylation is 1. The summed E-state index contributed by atoms with van der Waals surface area (Å²) in [5.41, 5.74) is 2.63. The Morgan fingerprint density at radius 1 is 1.31 bits per heavy atom. The summed E-state index contributed by atoms with van der Waals surface area (Å²) in [7, 11) is 0. The predicted octanol–water partition coefficient (Wildman–Crippen LogP) is 5.73. The summed E-state index contributed by atoms with van der Waals surface area (Å²) < 4.78 is 7.13. The molecule has 132 valence electrons. The number of rotatable bonds is 5. The number of carbonyl (C=O) groups is 1. The van der Waals surface area contributed by atoms with Gasteiger partial charge in [0.05, 0.1) is 10.6 Å². The van der Waals surface area contributed by atoms with Crippen LogP contribution in [0.4, 0.5) is 5.69 Å². The highest BCUT2D eigenvalue weighted by molar-refractivity contribution is 9.10. The van der Waals surface area contributed by atoms with Crippen molar-refractivity contribution < 1.29 is 9.53 Å². The Balaban J connectivity index is 1.97. The molecule has 0 unspecified atom stereocenters. The lowest BCUT2D eigenvalue weighted by Crippen LogP contribution is -2.28. The molecule has 0 spiro atoms. The van der Waals surface area contributed by atoms with Crippen molar-refractivity contribution in [3.05, 3.63) is 75.6 Å². The van der Waals surface area contributed by atoms with Gasteiger partial charge < -0.3 is 4.74 Å². The van der Waals surface area contributed by atoms with E-state index >= 15 is 0 Å². The summed E-state index contributed by atoms with van der Waals surface area (Å²) in [6.07, 6.45) is 3.50. The third kappa shape index (κ3) is 3.92. The minimum atomic E-state index is -0.121. The van der Waals surface area contributed by atoms with Crippen molar-refractivity contribution in [3.8, 4) is 5.75 Å². The monoisotopic (exact) mass is 445 g/mol. The van der Waals surface area contributed by atoms with E-state index in [4.69, 9.17) is 17.0 Å². The van der Waals surface area contributed by atoms with Gasteiger partial charge in [0.25, 0.3) is 5.91 Å². The normalized spacial score (nSPS) is 15.6. The molecule has 3 nitrogen and oxygen atoms in total. The smallest absolute Gasteiger partial charge is 0.270 e. The fourth-order valence-corrected chi connectivity index (χ4v) is 4.20. The van der Waals surface area contributed by atoms with Crippen LogP contribution in [0, 0.1) is 6.92 Å². The second-order valence-corrected chi connectivity index (χ2v) is 8.18. The van der Waals surface area contributed by atoms with E-state index in [1.807, 2.05) is 55.5 Å². The molecule has 6 heteroatoms.